The highest BCUT2D eigenvalue weighted by Gasteiger charge is 2.25. The van der Waals surface area contributed by atoms with Crippen molar-refractivity contribution in [3.8, 4) is 0 Å². The van der Waals surface area contributed by atoms with Crippen LogP contribution in [0.2, 0.25) is 0 Å². The van der Waals surface area contributed by atoms with E-state index in [9.17, 15) is 4.79 Å². The molecular formula is C15H19N3O2. The van der Waals surface area contributed by atoms with Crippen LogP contribution in [0.4, 0.5) is 0 Å². The van der Waals surface area contributed by atoms with E-state index in [0.717, 1.165) is 31.7 Å². The average molecular weight is 273 g/mol. The third-order valence-corrected chi connectivity index (χ3v) is 4.04. The van der Waals surface area contributed by atoms with E-state index < -0.39 is 0 Å². The van der Waals surface area contributed by atoms with Crippen LogP contribution in [0.1, 0.15) is 35.3 Å². The summed E-state index contributed by atoms with van der Waals surface area (Å²) in [5.41, 5.74) is 2.27. The molecule has 0 bridgehead atoms. The molecule has 106 valence electrons. The highest BCUT2D eigenvalue weighted by molar-refractivity contribution is 5.95. The summed E-state index contributed by atoms with van der Waals surface area (Å²) in [5, 5.41) is 0. The summed E-state index contributed by atoms with van der Waals surface area (Å²) in [5.74, 6) is 0.120. The van der Waals surface area contributed by atoms with Gasteiger partial charge in [0.1, 0.15) is 5.56 Å². The van der Waals surface area contributed by atoms with Crippen molar-refractivity contribution < 1.29 is 9.53 Å². The minimum Gasteiger partial charge on any atom is -0.465 e. The average Bonchev–Trinajstić information content (AvgIpc) is 3.11. The van der Waals surface area contributed by atoms with E-state index in [0.29, 0.717) is 17.1 Å². The molecule has 1 saturated heterocycles. The number of ether oxygens (including phenoxy) is 1. The largest absolute Gasteiger partial charge is 0.465 e. The zero-order chi connectivity index (χ0) is 14.1. The van der Waals surface area contributed by atoms with Gasteiger partial charge in [0.2, 0.25) is 0 Å². The number of methoxy groups -OCH3 is 1. The van der Waals surface area contributed by atoms with Gasteiger partial charge in [-0.25, -0.2) is 9.78 Å². The first-order valence-electron chi connectivity index (χ1n) is 7.01. The minimum atomic E-state index is -0.339. The van der Waals surface area contributed by atoms with Crippen molar-refractivity contribution in [3.05, 3.63) is 35.8 Å². The number of likely N-dealkylation sites (N-methyl/N-ethyl adjacent to an activating group) is 1. The van der Waals surface area contributed by atoms with Gasteiger partial charge in [0.15, 0.2) is 5.65 Å². The molecule has 5 nitrogen and oxygen atoms in total. The van der Waals surface area contributed by atoms with E-state index in [1.807, 2.05) is 22.9 Å². The highest BCUT2D eigenvalue weighted by atomic mass is 16.5. The number of hydrogen-bond donors (Lipinski definition) is 0. The number of likely N-dealkylation sites (tertiary alicyclic amines) is 1. The molecule has 3 heterocycles. The fourth-order valence-electron chi connectivity index (χ4n) is 2.86. The molecule has 0 amide bonds. The first-order chi connectivity index (χ1) is 9.72. The van der Waals surface area contributed by atoms with Gasteiger partial charge >= 0.3 is 5.97 Å². The van der Waals surface area contributed by atoms with Gasteiger partial charge in [-0.1, -0.05) is 6.92 Å². The standard InChI is InChI=1S/C15H19N3O2/c1-3-17-8-6-11(9-17)13-10-18-7-4-5-12(14(18)16-13)15(19)20-2/h4-5,7,10-11H,3,6,8-9H2,1-2H3. The maximum absolute atomic E-state index is 11.8. The quantitative estimate of drug-likeness (QED) is 0.802. The summed E-state index contributed by atoms with van der Waals surface area (Å²) in [4.78, 5) is 18.9. The van der Waals surface area contributed by atoms with Crippen LogP contribution in [0.5, 0.6) is 0 Å². The van der Waals surface area contributed by atoms with Crippen molar-refractivity contribution in [3.63, 3.8) is 0 Å². The number of rotatable bonds is 3. The van der Waals surface area contributed by atoms with Gasteiger partial charge in [-0.2, -0.15) is 0 Å². The Bertz CT molecular complexity index is 635. The van der Waals surface area contributed by atoms with E-state index in [1.54, 1.807) is 6.07 Å². The van der Waals surface area contributed by atoms with Crippen LogP contribution in [-0.2, 0) is 4.74 Å². The van der Waals surface area contributed by atoms with Crippen molar-refractivity contribution >= 4 is 11.6 Å². The van der Waals surface area contributed by atoms with Crippen LogP contribution in [0, 0.1) is 0 Å². The molecule has 1 atom stereocenters. The molecule has 0 aromatic carbocycles. The lowest BCUT2D eigenvalue weighted by atomic mass is 10.1. The summed E-state index contributed by atoms with van der Waals surface area (Å²) in [6, 6.07) is 3.60. The third-order valence-electron chi connectivity index (χ3n) is 4.04. The Labute approximate surface area is 118 Å². The molecule has 1 fully saturated rings. The number of pyridine rings is 1. The summed E-state index contributed by atoms with van der Waals surface area (Å²) in [6.07, 6.45) is 5.09. The van der Waals surface area contributed by atoms with Gasteiger partial charge in [-0.3, -0.25) is 0 Å². The number of carbonyl (C=O) groups excluding carboxylic acids is 1. The lowest BCUT2D eigenvalue weighted by Gasteiger charge is -2.11. The maximum atomic E-state index is 11.8. The zero-order valence-electron chi connectivity index (χ0n) is 11.9. The zero-order valence-corrected chi connectivity index (χ0v) is 11.9. The van der Waals surface area contributed by atoms with Crippen molar-refractivity contribution in [2.75, 3.05) is 26.7 Å². The molecule has 0 radical (unpaired) electrons. The molecule has 5 heteroatoms. The second-order valence-corrected chi connectivity index (χ2v) is 5.19. The number of fused-ring (bicyclic) bond motifs is 1. The Morgan fingerprint density at radius 1 is 1.55 bits per heavy atom. The molecule has 0 N–H and O–H groups in total. The van der Waals surface area contributed by atoms with E-state index >= 15 is 0 Å². The van der Waals surface area contributed by atoms with Gasteiger partial charge in [-0.15, -0.1) is 0 Å². The van der Waals surface area contributed by atoms with Gasteiger partial charge in [0.25, 0.3) is 0 Å². The van der Waals surface area contributed by atoms with E-state index in [2.05, 4.69) is 16.8 Å². The first-order valence-corrected chi connectivity index (χ1v) is 7.01. The van der Waals surface area contributed by atoms with Crippen LogP contribution >= 0.6 is 0 Å². The van der Waals surface area contributed by atoms with E-state index in [-0.39, 0.29) is 5.97 Å². The lowest BCUT2D eigenvalue weighted by molar-refractivity contribution is 0.0602. The smallest absolute Gasteiger partial charge is 0.341 e. The Balaban J connectivity index is 1.97. The van der Waals surface area contributed by atoms with E-state index in [1.165, 1.54) is 7.11 Å². The molecule has 0 aliphatic carbocycles. The summed E-state index contributed by atoms with van der Waals surface area (Å²) in [6.45, 7) is 5.44. The van der Waals surface area contributed by atoms with Crippen molar-refractivity contribution in [1.29, 1.82) is 0 Å². The van der Waals surface area contributed by atoms with Crippen molar-refractivity contribution in [2.24, 2.45) is 0 Å². The predicted octanol–water partition coefficient (Wildman–Crippen LogP) is 1.93. The number of nitrogens with zero attached hydrogens (tertiary/aromatic N) is 3. The number of hydrogen-bond acceptors (Lipinski definition) is 4. The number of carbonyl (C=O) groups is 1. The van der Waals surface area contributed by atoms with Crippen LogP contribution < -0.4 is 0 Å². The second-order valence-electron chi connectivity index (χ2n) is 5.19. The third kappa shape index (κ3) is 2.18. The Kier molecular flexibility index (Phi) is 3.44. The van der Waals surface area contributed by atoms with Crippen LogP contribution in [0.3, 0.4) is 0 Å². The highest BCUT2D eigenvalue weighted by Crippen LogP contribution is 2.27. The van der Waals surface area contributed by atoms with Gasteiger partial charge in [0.05, 0.1) is 12.8 Å². The number of aromatic nitrogens is 2. The van der Waals surface area contributed by atoms with E-state index in [4.69, 9.17) is 4.74 Å². The molecule has 1 unspecified atom stereocenters. The first kappa shape index (κ1) is 13.1. The molecule has 0 spiro atoms. The van der Waals surface area contributed by atoms with Crippen molar-refractivity contribution in [1.82, 2.24) is 14.3 Å². The van der Waals surface area contributed by atoms with Gasteiger partial charge in [0, 0.05) is 24.9 Å². The molecule has 2 aromatic heterocycles. The SMILES string of the molecule is CCN1CCC(c2cn3cccc(C(=O)OC)c3n2)C1. The van der Waals surface area contributed by atoms with Crippen LogP contribution in [0.15, 0.2) is 24.5 Å². The van der Waals surface area contributed by atoms with Gasteiger partial charge in [-0.05, 0) is 31.6 Å². The predicted molar refractivity (Wildman–Crippen MR) is 76.0 cm³/mol. The molecule has 2 aromatic rings. The van der Waals surface area contributed by atoms with Crippen LogP contribution in [0.25, 0.3) is 5.65 Å². The summed E-state index contributed by atoms with van der Waals surface area (Å²) >= 11 is 0. The molecular weight excluding hydrogens is 254 g/mol. The second kappa shape index (κ2) is 5.25. The molecule has 3 rings (SSSR count). The maximum Gasteiger partial charge on any atom is 0.341 e. The fraction of sp³-hybridized carbons (Fsp3) is 0.467. The summed E-state index contributed by atoms with van der Waals surface area (Å²) < 4.78 is 6.73. The topological polar surface area (TPSA) is 46.8 Å². The lowest BCUT2D eigenvalue weighted by Crippen LogP contribution is -2.19. The normalized spacial score (nSPS) is 19.6. The Morgan fingerprint density at radius 2 is 2.40 bits per heavy atom. The number of esters is 1. The van der Waals surface area contributed by atoms with Crippen LogP contribution in [-0.4, -0.2) is 47.0 Å². The summed E-state index contributed by atoms with van der Waals surface area (Å²) in [7, 11) is 1.39. The molecule has 20 heavy (non-hydrogen) atoms. The molecule has 0 saturated carbocycles. The van der Waals surface area contributed by atoms with Crippen molar-refractivity contribution in [2.45, 2.75) is 19.3 Å². The monoisotopic (exact) mass is 273 g/mol. The van der Waals surface area contributed by atoms with Gasteiger partial charge < -0.3 is 14.0 Å². The molecule has 1 aliphatic heterocycles. The fourth-order valence-corrected chi connectivity index (χ4v) is 2.86. The molecule has 1 aliphatic rings. The minimum absolute atomic E-state index is 0.339. The number of imidazole rings is 1. The Morgan fingerprint density at radius 3 is 3.10 bits per heavy atom. The Hall–Kier alpha value is -1.88.